The second kappa shape index (κ2) is 12.7. The number of amides is 2. The zero-order chi connectivity index (χ0) is 23.3. The highest BCUT2D eigenvalue weighted by Crippen LogP contribution is 2.06. The van der Waals surface area contributed by atoms with Gasteiger partial charge in [-0.25, -0.2) is 9.59 Å². The number of rotatable bonds is 10. The molecule has 2 atom stereocenters. The van der Waals surface area contributed by atoms with Crippen LogP contribution in [0.1, 0.15) is 33.6 Å². The number of nitrogens with one attached hydrogen (secondary N) is 2. The van der Waals surface area contributed by atoms with Gasteiger partial charge in [-0.15, -0.1) is 0 Å². The number of esters is 2. The third kappa shape index (κ3) is 7.39. The molecule has 0 saturated carbocycles. The smallest absolute Gasteiger partial charge is 0.328 e. The minimum absolute atomic E-state index is 0.145. The van der Waals surface area contributed by atoms with Gasteiger partial charge in [0.05, 0.1) is 14.2 Å². The lowest BCUT2D eigenvalue weighted by Crippen LogP contribution is -2.41. The third-order valence-corrected chi connectivity index (χ3v) is 4.56. The van der Waals surface area contributed by atoms with Crippen molar-refractivity contribution in [3.05, 3.63) is 83.9 Å². The molecule has 0 spiro atoms. The molecular formula is C24H26N2O6. The van der Waals surface area contributed by atoms with Gasteiger partial charge in [-0.05, 0) is 37.1 Å². The fourth-order valence-corrected chi connectivity index (χ4v) is 2.84. The Kier molecular flexibility index (Phi) is 9.65. The first-order chi connectivity index (χ1) is 15.5. The van der Waals surface area contributed by atoms with Crippen molar-refractivity contribution in [1.82, 2.24) is 10.6 Å². The van der Waals surface area contributed by atoms with E-state index in [0.29, 0.717) is 11.1 Å². The van der Waals surface area contributed by atoms with Gasteiger partial charge >= 0.3 is 11.9 Å². The molecule has 2 amide bonds. The molecule has 2 aromatic rings. The molecule has 8 heteroatoms. The molecule has 32 heavy (non-hydrogen) atoms. The standard InChI is InChI=1S/C24H26N2O6/c1-31-23(29)19(25-21(27)17-11-5-3-6-12-17)15-9-10-16-20(24(30)32-2)26-22(28)18-13-7-4-8-14-18/h3-14,19-20H,15-16H2,1-2H3,(H,25,27)(H,26,28)/t19-,20?/m0/s1. The molecule has 1 unspecified atom stereocenters. The van der Waals surface area contributed by atoms with E-state index < -0.39 is 35.8 Å². The van der Waals surface area contributed by atoms with Crippen molar-refractivity contribution in [2.75, 3.05) is 14.2 Å². The van der Waals surface area contributed by atoms with E-state index in [1.54, 1.807) is 72.8 Å². The van der Waals surface area contributed by atoms with Gasteiger partial charge < -0.3 is 20.1 Å². The molecule has 0 saturated heterocycles. The number of hydrogen-bond acceptors (Lipinski definition) is 6. The maximum atomic E-state index is 12.3. The zero-order valence-corrected chi connectivity index (χ0v) is 17.9. The van der Waals surface area contributed by atoms with Crippen molar-refractivity contribution < 1.29 is 28.7 Å². The van der Waals surface area contributed by atoms with E-state index in [1.807, 2.05) is 0 Å². The second-order valence-corrected chi connectivity index (χ2v) is 6.77. The Morgan fingerprint density at radius 2 is 1.03 bits per heavy atom. The summed E-state index contributed by atoms with van der Waals surface area (Å²) in [6.45, 7) is 0. The van der Waals surface area contributed by atoms with Crippen molar-refractivity contribution in [3.63, 3.8) is 0 Å². The van der Waals surface area contributed by atoms with Crippen LogP contribution in [0.4, 0.5) is 0 Å². The Hall–Kier alpha value is -3.94. The molecule has 0 fully saturated rings. The first-order valence-electron chi connectivity index (χ1n) is 9.98. The Morgan fingerprint density at radius 1 is 0.688 bits per heavy atom. The lowest BCUT2D eigenvalue weighted by atomic mass is 10.1. The van der Waals surface area contributed by atoms with Crippen LogP contribution in [0, 0.1) is 0 Å². The number of benzene rings is 2. The number of carbonyl (C=O) groups is 4. The number of carbonyl (C=O) groups excluding carboxylic acids is 4. The van der Waals surface area contributed by atoms with Crippen molar-refractivity contribution in [3.8, 4) is 0 Å². The van der Waals surface area contributed by atoms with Crippen LogP contribution < -0.4 is 10.6 Å². The van der Waals surface area contributed by atoms with Crippen molar-refractivity contribution in [2.24, 2.45) is 0 Å². The van der Waals surface area contributed by atoms with E-state index in [4.69, 9.17) is 9.47 Å². The summed E-state index contributed by atoms with van der Waals surface area (Å²) in [5.74, 6) is -2.00. The molecule has 2 rings (SSSR count). The average molecular weight is 438 g/mol. The molecule has 2 N–H and O–H groups in total. The van der Waals surface area contributed by atoms with Gasteiger partial charge in [-0.3, -0.25) is 9.59 Å². The molecule has 0 aliphatic rings. The Bertz CT molecular complexity index is 866. The quantitative estimate of drug-likeness (QED) is 0.435. The number of methoxy groups -OCH3 is 2. The van der Waals surface area contributed by atoms with E-state index >= 15 is 0 Å². The van der Waals surface area contributed by atoms with Gasteiger partial charge in [-0.1, -0.05) is 48.6 Å². The van der Waals surface area contributed by atoms with Crippen LogP contribution in [0.25, 0.3) is 0 Å². The fourth-order valence-electron chi connectivity index (χ4n) is 2.84. The summed E-state index contributed by atoms with van der Waals surface area (Å²) in [6.07, 6.45) is 3.56. The van der Waals surface area contributed by atoms with Gasteiger partial charge in [-0.2, -0.15) is 0 Å². The molecule has 0 radical (unpaired) electrons. The molecule has 0 bridgehead atoms. The van der Waals surface area contributed by atoms with E-state index in [9.17, 15) is 19.2 Å². The highest BCUT2D eigenvalue weighted by atomic mass is 16.5. The minimum atomic E-state index is -0.903. The number of ether oxygens (including phenoxy) is 2. The van der Waals surface area contributed by atoms with Crippen LogP contribution >= 0.6 is 0 Å². The van der Waals surface area contributed by atoms with Crippen molar-refractivity contribution >= 4 is 23.8 Å². The maximum absolute atomic E-state index is 12.3. The Morgan fingerprint density at radius 3 is 1.34 bits per heavy atom. The summed E-state index contributed by atoms with van der Waals surface area (Å²) in [5.41, 5.74) is 0.833. The predicted molar refractivity (Wildman–Crippen MR) is 118 cm³/mol. The average Bonchev–Trinajstić information content (AvgIpc) is 2.84. The van der Waals surface area contributed by atoms with Crippen molar-refractivity contribution in [1.29, 1.82) is 0 Å². The highest BCUT2D eigenvalue weighted by Gasteiger charge is 2.22. The van der Waals surface area contributed by atoms with Gasteiger partial charge in [0.2, 0.25) is 0 Å². The largest absolute Gasteiger partial charge is 0.467 e. The topological polar surface area (TPSA) is 111 Å². The van der Waals surface area contributed by atoms with E-state index in [-0.39, 0.29) is 12.8 Å². The normalized spacial score (nSPS) is 12.4. The SMILES string of the molecule is COC(=O)C(CC=CC[C@H](NC(=O)c1ccccc1)C(=O)OC)NC(=O)c1ccccc1. The van der Waals surface area contributed by atoms with Gasteiger partial charge in [0.15, 0.2) is 0 Å². The van der Waals surface area contributed by atoms with Crippen LogP contribution in [0.15, 0.2) is 72.8 Å². The Labute approximate surface area is 186 Å². The lowest BCUT2D eigenvalue weighted by Gasteiger charge is -2.16. The summed E-state index contributed by atoms with van der Waals surface area (Å²) in [6, 6.07) is 15.2. The van der Waals surface area contributed by atoms with E-state index in [0.717, 1.165) is 0 Å². The van der Waals surface area contributed by atoms with Gasteiger partial charge in [0.25, 0.3) is 11.8 Å². The zero-order valence-electron chi connectivity index (χ0n) is 17.9. The van der Waals surface area contributed by atoms with E-state index in [2.05, 4.69) is 10.6 Å². The molecule has 0 aliphatic heterocycles. The Balaban J connectivity index is 1.99. The predicted octanol–water partition coefficient (Wildman–Crippen LogP) is 2.27. The van der Waals surface area contributed by atoms with Crippen molar-refractivity contribution in [2.45, 2.75) is 24.9 Å². The highest BCUT2D eigenvalue weighted by molar-refractivity contribution is 5.97. The lowest BCUT2D eigenvalue weighted by molar-refractivity contribution is -0.143. The third-order valence-electron chi connectivity index (χ3n) is 4.56. The van der Waals surface area contributed by atoms with Crippen LogP contribution in [-0.4, -0.2) is 50.1 Å². The van der Waals surface area contributed by atoms with Crippen LogP contribution in [0.2, 0.25) is 0 Å². The minimum Gasteiger partial charge on any atom is -0.467 e. The summed E-state index contributed by atoms with van der Waals surface area (Å²) >= 11 is 0. The summed E-state index contributed by atoms with van der Waals surface area (Å²) in [5, 5.41) is 5.27. The molecule has 168 valence electrons. The molecule has 0 aliphatic carbocycles. The summed E-state index contributed by atoms with van der Waals surface area (Å²) in [7, 11) is 2.47. The monoisotopic (exact) mass is 438 g/mol. The van der Waals surface area contributed by atoms with E-state index in [1.165, 1.54) is 14.2 Å². The summed E-state index contributed by atoms with van der Waals surface area (Å²) in [4.78, 5) is 48.8. The molecular weight excluding hydrogens is 412 g/mol. The molecule has 0 aromatic heterocycles. The summed E-state index contributed by atoms with van der Waals surface area (Å²) < 4.78 is 9.53. The van der Waals surface area contributed by atoms with Crippen LogP contribution in [-0.2, 0) is 19.1 Å². The fraction of sp³-hybridized carbons (Fsp3) is 0.250. The number of hydrogen-bond donors (Lipinski definition) is 2. The first-order valence-corrected chi connectivity index (χ1v) is 9.98. The van der Waals surface area contributed by atoms with Crippen LogP contribution in [0.5, 0.6) is 0 Å². The molecule has 2 aromatic carbocycles. The second-order valence-electron chi connectivity index (χ2n) is 6.77. The molecule has 0 heterocycles. The van der Waals surface area contributed by atoms with Crippen LogP contribution in [0.3, 0.4) is 0 Å². The maximum Gasteiger partial charge on any atom is 0.328 e. The van der Waals surface area contributed by atoms with Gasteiger partial charge in [0, 0.05) is 11.1 Å². The first kappa shape index (κ1) is 24.3. The van der Waals surface area contributed by atoms with Gasteiger partial charge in [0.1, 0.15) is 12.1 Å². The molecule has 8 nitrogen and oxygen atoms in total.